The van der Waals surface area contributed by atoms with Gasteiger partial charge in [0.2, 0.25) is 5.78 Å². The Balaban J connectivity index is 2.15. The van der Waals surface area contributed by atoms with Crippen LogP contribution in [0.15, 0.2) is 36.4 Å². The molecule has 1 aliphatic carbocycles. The average Bonchev–Trinajstić information content (AvgIpc) is 2.69. The number of ketones is 2. The molecule has 142 valence electrons. The van der Waals surface area contributed by atoms with Gasteiger partial charge in [-0.1, -0.05) is 24.3 Å². The second-order valence-electron chi connectivity index (χ2n) is 5.92. The minimum Gasteiger partial charge on any atom is -0.466 e. The number of hydrogen-bond donors (Lipinski definition) is 0. The van der Waals surface area contributed by atoms with Crippen LogP contribution in [0.5, 0.6) is 0 Å². The molecule has 3 rings (SSSR count). The van der Waals surface area contributed by atoms with Gasteiger partial charge in [-0.05, 0) is 19.1 Å². The molecule has 0 heterocycles. The van der Waals surface area contributed by atoms with E-state index in [-0.39, 0.29) is 16.7 Å². The maximum Gasteiger partial charge on any atom is 0.346 e. The van der Waals surface area contributed by atoms with Crippen LogP contribution in [0.4, 0.5) is 5.69 Å². The summed E-state index contributed by atoms with van der Waals surface area (Å²) in [6.07, 6.45) is -1.31. The highest BCUT2D eigenvalue weighted by Gasteiger charge is 2.39. The van der Waals surface area contributed by atoms with Crippen molar-refractivity contribution in [2.24, 2.45) is 0 Å². The molecule has 1 aliphatic rings. The molecular formula is C19H13NO8. The summed E-state index contributed by atoms with van der Waals surface area (Å²) in [7, 11) is 1.09. The molecule has 9 heteroatoms. The van der Waals surface area contributed by atoms with Crippen molar-refractivity contribution in [1.82, 2.24) is 0 Å². The summed E-state index contributed by atoms with van der Waals surface area (Å²) in [6, 6.07) is 8.12. The topological polar surface area (TPSA) is 130 Å². The van der Waals surface area contributed by atoms with E-state index in [4.69, 9.17) is 4.74 Å². The van der Waals surface area contributed by atoms with Gasteiger partial charge >= 0.3 is 11.9 Å². The van der Waals surface area contributed by atoms with Crippen LogP contribution in [0.2, 0.25) is 0 Å². The van der Waals surface area contributed by atoms with Crippen molar-refractivity contribution in [1.29, 1.82) is 0 Å². The number of fused-ring (bicyclic) bond motifs is 2. The summed E-state index contributed by atoms with van der Waals surface area (Å²) in [5.41, 5.74) is -1.89. The second-order valence-corrected chi connectivity index (χ2v) is 5.92. The molecule has 28 heavy (non-hydrogen) atoms. The Hall–Kier alpha value is -3.88. The largest absolute Gasteiger partial charge is 0.466 e. The van der Waals surface area contributed by atoms with Crippen molar-refractivity contribution in [3.8, 4) is 0 Å². The lowest BCUT2D eigenvalue weighted by Crippen LogP contribution is -2.27. The summed E-state index contributed by atoms with van der Waals surface area (Å²) in [6.45, 7) is 1.24. The highest BCUT2D eigenvalue weighted by atomic mass is 16.6. The van der Waals surface area contributed by atoms with Crippen LogP contribution in [0.1, 0.15) is 49.1 Å². The number of methoxy groups -OCH3 is 1. The SMILES string of the molecule is COC(=O)[C@@H](C)OC(=O)c1ccc2c(c1[N+](=O)[O-])C(=O)c1ccccc1C2=O. The van der Waals surface area contributed by atoms with Crippen molar-refractivity contribution in [2.45, 2.75) is 13.0 Å². The van der Waals surface area contributed by atoms with Gasteiger partial charge in [-0.25, -0.2) is 9.59 Å². The Bertz CT molecular complexity index is 1060. The van der Waals surface area contributed by atoms with E-state index >= 15 is 0 Å². The van der Waals surface area contributed by atoms with E-state index in [2.05, 4.69) is 4.74 Å². The molecule has 1 atom stereocenters. The van der Waals surface area contributed by atoms with Gasteiger partial charge in [0.05, 0.1) is 12.0 Å². The van der Waals surface area contributed by atoms with Crippen LogP contribution >= 0.6 is 0 Å². The molecule has 0 spiro atoms. The Kier molecular flexibility index (Phi) is 4.74. The van der Waals surface area contributed by atoms with E-state index in [1.54, 1.807) is 6.07 Å². The molecule has 0 bridgehead atoms. The smallest absolute Gasteiger partial charge is 0.346 e. The van der Waals surface area contributed by atoms with Gasteiger partial charge in [-0.15, -0.1) is 0 Å². The van der Waals surface area contributed by atoms with Crippen molar-refractivity contribution in [3.63, 3.8) is 0 Å². The van der Waals surface area contributed by atoms with Crippen LogP contribution in [0, 0.1) is 10.1 Å². The van der Waals surface area contributed by atoms with Crippen LogP contribution in [-0.2, 0) is 14.3 Å². The molecule has 2 aromatic rings. The predicted molar refractivity (Wildman–Crippen MR) is 93.3 cm³/mol. The Morgan fingerprint density at radius 3 is 2.18 bits per heavy atom. The number of benzene rings is 2. The third-order valence-corrected chi connectivity index (χ3v) is 4.29. The van der Waals surface area contributed by atoms with Gasteiger partial charge in [0.25, 0.3) is 5.69 Å². The number of ether oxygens (including phenoxy) is 2. The maximum atomic E-state index is 12.8. The summed E-state index contributed by atoms with van der Waals surface area (Å²) in [5.74, 6) is -3.34. The number of nitro benzene ring substituents is 1. The minimum absolute atomic E-state index is 0.0107. The minimum atomic E-state index is -1.31. The molecule has 0 radical (unpaired) electrons. The average molecular weight is 383 g/mol. The Labute approximate surface area is 158 Å². The lowest BCUT2D eigenvalue weighted by atomic mass is 9.82. The van der Waals surface area contributed by atoms with Gasteiger partial charge in [-0.3, -0.25) is 19.7 Å². The first-order valence-electron chi connectivity index (χ1n) is 8.06. The van der Waals surface area contributed by atoms with Gasteiger partial charge in [-0.2, -0.15) is 0 Å². The fourth-order valence-corrected chi connectivity index (χ4v) is 2.96. The zero-order valence-electron chi connectivity index (χ0n) is 14.8. The Morgan fingerprint density at radius 1 is 1.00 bits per heavy atom. The lowest BCUT2D eigenvalue weighted by molar-refractivity contribution is -0.385. The van der Waals surface area contributed by atoms with E-state index in [0.717, 1.165) is 19.2 Å². The molecule has 9 nitrogen and oxygen atoms in total. The van der Waals surface area contributed by atoms with Gasteiger partial charge in [0, 0.05) is 16.7 Å². The third kappa shape index (κ3) is 2.92. The number of nitro groups is 1. The van der Waals surface area contributed by atoms with E-state index in [1.165, 1.54) is 25.1 Å². The van der Waals surface area contributed by atoms with Crippen molar-refractivity contribution in [3.05, 3.63) is 74.3 Å². The number of nitrogens with zero attached hydrogens (tertiary/aromatic N) is 1. The first-order chi connectivity index (χ1) is 13.3. The first kappa shape index (κ1) is 18.9. The van der Waals surface area contributed by atoms with Gasteiger partial charge < -0.3 is 9.47 Å². The zero-order chi connectivity index (χ0) is 20.6. The number of rotatable bonds is 4. The summed E-state index contributed by atoms with van der Waals surface area (Å²) in [5, 5.41) is 11.7. The molecule has 0 fully saturated rings. The molecular weight excluding hydrogens is 370 g/mol. The Morgan fingerprint density at radius 2 is 1.61 bits per heavy atom. The van der Waals surface area contributed by atoms with Crippen LogP contribution in [0.3, 0.4) is 0 Å². The summed E-state index contributed by atoms with van der Waals surface area (Å²) in [4.78, 5) is 60.1. The van der Waals surface area contributed by atoms with E-state index in [9.17, 15) is 29.3 Å². The second kappa shape index (κ2) is 7.03. The number of carbonyl (C=O) groups is 4. The highest BCUT2D eigenvalue weighted by molar-refractivity contribution is 6.30. The highest BCUT2D eigenvalue weighted by Crippen LogP contribution is 2.35. The molecule has 0 unspecified atom stereocenters. The number of carbonyl (C=O) groups excluding carboxylic acids is 4. The van der Waals surface area contributed by atoms with Crippen molar-refractivity contribution >= 4 is 29.2 Å². The van der Waals surface area contributed by atoms with Crippen molar-refractivity contribution < 1.29 is 33.6 Å². The fourth-order valence-electron chi connectivity index (χ4n) is 2.96. The molecule has 0 N–H and O–H groups in total. The van der Waals surface area contributed by atoms with E-state index in [0.29, 0.717) is 0 Å². The van der Waals surface area contributed by atoms with E-state index in [1.807, 2.05) is 0 Å². The third-order valence-electron chi connectivity index (χ3n) is 4.29. The van der Waals surface area contributed by atoms with Crippen molar-refractivity contribution in [2.75, 3.05) is 7.11 Å². The normalized spacial score (nSPS) is 13.2. The molecule has 2 aromatic carbocycles. The summed E-state index contributed by atoms with van der Waals surface area (Å²) >= 11 is 0. The summed E-state index contributed by atoms with van der Waals surface area (Å²) < 4.78 is 9.33. The van der Waals surface area contributed by atoms with Crippen LogP contribution < -0.4 is 0 Å². The first-order valence-corrected chi connectivity index (χ1v) is 8.06. The lowest BCUT2D eigenvalue weighted by Gasteiger charge is -2.18. The number of hydrogen-bond acceptors (Lipinski definition) is 8. The molecule has 0 saturated carbocycles. The zero-order valence-corrected chi connectivity index (χ0v) is 14.8. The molecule has 0 aliphatic heterocycles. The maximum absolute atomic E-state index is 12.8. The van der Waals surface area contributed by atoms with Gasteiger partial charge in [0.1, 0.15) is 11.1 Å². The molecule has 0 saturated heterocycles. The molecule has 0 amide bonds. The predicted octanol–water partition coefficient (Wildman–Crippen LogP) is 2.09. The van der Waals surface area contributed by atoms with Crippen LogP contribution in [0.25, 0.3) is 0 Å². The number of esters is 2. The monoisotopic (exact) mass is 383 g/mol. The van der Waals surface area contributed by atoms with E-state index < -0.39 is 51.3 Å². The standard InChI is InChI=1S/C19H13NO8/c1-9(18(23)27-2)28-19(24)13-8-7-12-14(15(13)20(25)26)17(22)11-6-4-3-5-10(11)16(12)21/h3-9H,1-2H3/t9-/m1/s1. The fraction of sp³-hybridized carbons (Fsp3) is 0.158. The van der Waals surface area contributed by atoms with Crippen LogP contribution in [-0.4, -0.2) is 41.6 Å². The van der Waals surface area contributed by atoms with Gasteiger partial charge in [0.15, 0.2) is 11.9 Å². The molecule has 0 aromatic heterocycles. The quantitative estimate of drug-likeness (QED) is 0.380.